The largest absolute Gasteiger partial charge is 0.342 e. The third-order valence-corrected chi connectivity index (χ3v) is 5.40. The van der Waals surface area contributed by atoms with Crippen LogP contribution in [0.5, 0.6) is 0 Å². The minimum atomic E-state index is -0.105. The fourth-order valence-electron chi connectivity index (χ4n) is 3.04. The first-order valence-electron chi connectivity index (χ1n) is 8.58. The number of piperidine rings is 1. The third kappa shape index (κ3) is 4.45. The second-order valence-corrected chi connectivity index (χ2v) is 7.34. The molecule has 8 heteroatoms. The summed E-state index contributed by atoms with van der Waals surface area (Å²) in [5.41, 5.74) is 0.740. The molecule has 2 fully saturated rings. The lowest BCUT2D eigenvalue weighted by Gasteiger charge is -2.32. The van der Waals surface area contributed by atoms with Crippen molar-refractivity contribution >= 4 is 28.4 Å². The van der Waals surface area contributed by atoms with E-state index in [9.17, 15) is 9.59 Å². The van der Waals surface area contributed by atoms with Crippen molar-refractivity contribution in [3.8, 4) is 0 Å². The van der Waals surface area contributed by atoms with Crippen molar-refractivity contribution in [3.05, 3.63) is 11.1 Å². The zero-order chi connectivity index (χ0) is 16.9. The van der Waals surface area contributed by atoms with Gasteiger partial charge in [-0.25, -0.2) is 9.78 Å². The van der Waals surface area contributed by atoms with Crippen molar-refractivity contribution < 1.29 is 9.59 Å². The lowest BCUT2D eigenvalue weighted by Crippen LogP contribution is -2.48. The molecule has 1 aromatic heterocycles. The van der Waals surface area contributed by atoms with Crippen molar-refractivity contribution in [2.75, 3.05) is 51.6 Å². The molecule has 7 nitrogen and oxygen atoms in total. The van der Waals surface area contributed by atoms with Gasteiger partial charge in [0.05, 0.1) is 12.1 Å². The molecule has 0 radical (unpaired) electrons. The van der Waals surface area contributed by atoms with E-state index in [1.54, 1.807) is 4.90 Å². The van der Waals surface area contributed by atoms with E-state index >= 15 is 0 Å². The molecule has 0 unspecified atom stereocenters. The average Bonchev–Trinajstić information content (AvgIpc) is 3.03. The van der Waals surface area contributed by atoms with Crippen LogP contribution in [0.3, 0.4) is 0 Å². The lowest BCUT2D eigenvalue weighted by molar-refractivity contribution is -0.131. The Morgan fingerprint density at radius 2 is 1.79 bits per heavy atom. The first-order valence-corrected chi connectivity index (χ1v) is 9.46. The van der Waals surface area contributed by atoms with Gasteiger partial charge in [0.1, 0.15) is 0 Å². The van der Waals surface area contributed by atoms with Gasteiger partial charge in [-0.05, 0) is 26.3 Å². The van der Waals surface area contributed by atoms with Crippen LogP contribution < -0.4 is 5.32 Å². The van der Waals surface area contributed by atoms with Crippen molar-refractivity contribution in [2.24, 2.45) is 0 Å². The number of thiazole rings is 1. The smallest absolute Gasteiger partial charge is 0.323 e. The average molecular weight is 351 g/mol. The van der Waals surface area contributed by atoms with Crippen LogP contribution >= 0.6 is 11.3 Å². The molecule has 0 atom stereocenters. The molecule has 0 bridgehead atoms. The molecule has 1 aromatic rings. The first-order chi connectivity index (χ1) is 11.6. The summed E-state index contributed by atoms with van der Waals surface area (Å²) in [6.07, 6.45) is 3.72. The molecule has 1 N–H and O–H groups in total. The standard InChI is InChI=1S/C16H25N5O2S/c1-19-7-9-21(10-8-19)16(23)18-15-17-13(12-24-15)11-14(22)20-5-3-2-4-6-20/h12H,2-11H2,1H3,(H,17,18,23). The number of nitrogens with one attached hydrogen (secondary N) is 1. The van der Waals surface area contributed by atoms with E-state index in [1.807, 2.05) is 10.3 Å². The van der Waals surface area contributed by atoms with E-state index in [0.717, 1.165) is 57.8 Å². The highest BCUT2D eigenvalue weighted by Gasteiger charge is 2.21. The molecule has 3 rings (SSSR count). The Morgan fingerprint density at radius 3 is 2.50 bits per heavy atom. The van der Waals surface area contributed by atoms with Crippen molar-refractivity contribution in [3.63, 3.8) is 0 Å². The molecule has 0 saturated carbocycles. The fraction of sp³-hybridized carbons (Fsp3) is 0.688. The summed E-state index contributed by atoms with van der Waals surface area (Å²) < 4.78 is 0. The number of amides is 3. The van der Waals surface area contributed by atoms with Crippen molar-refractivity contribution in [1.29, 1.82) is 0 Å². The predicted octanol–water partition coefficient (Wildman–Crippen LogP) is 1.48. The fourth-order valence-corrected chi connectivity index (χ4v) is 3.74. The van der Waals surface area contributed by atoms with Gasteiger partial charge in [-0.3, -0.25) is 10.1 Å². The van der Waals surface area contributed by atoms with Crippen LogP contribution in [0.2, 0.25) is 0 Å². The van der Waals surface area contributed by atoms with Gasteiger partial charge >= 0.3 is 6.03 Å². The summed E-state index contributed by atoms with van der Waals surface area (Å²) in [5.74, 6) is 0.136. The molecular formula is C16H25N5O2S. The lowest BCUT2D eigenvalue weighted by atomic mass is 10.1. The van der Waals surface area contributed by atoms with E-state index < -0.39 is 0 Å². The van der Waals surface area contributed by atoms with Crippen LogP contribution in [-0.4, -0.2) is 77.9 Å². The number of carbonyl (C=O) groups is 2. The van der Waals surface area contributed by atoms with E-state index in [4.69, 9.17) is 0 Å². The Balaban J connectivity index is 1.49. The van der Waals surface area contributed by atoms with E-state index in [2.05, 4.69) is 22.2 Å². The van der Waals surface area contributed by atoms with Crippen LogP contribution in [0.4, 0.5) is 9.93 Å². The number of carbonyl (C=O) groups excluding carboxylic acids is 2. The van der Waals surface area contributed by atoms with E-state index in [1.165, 1.54) is 17.8 Å². The second-order valence-electron chi connectivity index (χ2n) is 6.48. The second kappa shape index (κ2) is 7.94. The Hall–Kier alpha value is -1.67. The van der Waals surface area contributed by atoms with Crippen LogP contribution in [0.1, 0.15) is 25.0 Å². The van der Waals surface area contributed by atoms with Crippen molar-refractivity contribution in [2.45, 2.75) is 25.7 Å². The molecule has 132 valence electrons. The highest BCUT2D eigenvalue weighted by Crippen LogP contribution is 2.18. The van der Waals surface area contributed by atoms with Gasteiger partial charge in [-0.2, -0.15) is 0 Å². The molecule has 3 amide bonds. The summed E-state index contributed by atoms with van der Waals surface area (Å²) in [4.78, 5) is 34.8. The zero-order valence-electron chi connectivity index (χ0n) is 14.2. The van der Waals surface area contributed by atoms with Gasteiger partial charge in [0.2, 0.25) is 5.91 Å². The molecule has 0 spiro atoms. The van der Waals surface area contributed by atoms with Gasteiger partial charge in [-0.15, -0.1) is 11.3 Å². The maximum absolute atomic E-state index is 12.3. The van der Waals surface area contributed by atoms with Gasteiger partial charge in [0.15, 0.2) is 5.13 Å². The van der Waals surface area contributed by atoms with Gasteiger partial charge in [0.25, 0.3) is 0 Å². The molecule has 0 aliphatic carbocycles. The molecule has 2 saturated heterocycles. The normalized spacial score (nSPS) is 19.4. The number of aromatic nitrogens is 1. The van der Waals surface area contributed by atoms with Crippen molar-refractivity contribution in [1.82, 2.24) is 19.7 Å². The number of hydrogen-bond donors (Lipinski definition) is 1. The maximum atomic E-state index is 12.3. The minimum Gasteiger partial charge on any atom is -0.342 e. The van der Waals surface area contributed by atoms with Crippen LogP contribution in [-0.2, 0) is 11.2 Å². The number of hydrogen-bond acceptors (Lipinski definition) is 5. The summed E-state index contributed by atoms with van der Waals surface area (Å²) in [6, 6.07) is -0.105. The molecule has 2 aliphatic heterocycles. The molecular weight excluding hydrogens is 326 g/mol. The number of likely N-dealkylation sites (N-methyl/N-ethyl adjacent to an activating group) is 1. The molecule has 2 aliphatic rings. The summed E-state index contributed by atoms with van der Waals surface area (Å²) in [6.45, 7) is 4.95. The predicted molar refractivity (Wildman–Crippen MR) is 94.3 cm³/mol. The van der Waals surface area contributed by atoms with E-state index in [-0.39, 0.29) is 11.9 Å². The summed E-state index contributed by atoms with van der Waals surface area (Å²) in [7, 11) is 2.06. The van der Waals surface area contributed by atoms with Crippen LogP contribution in [0.25, 0.3) is 0 Å². The Bertz CT molecular complexity index is 577. The molecule has 0 aromatic carbocycles. The van der Waals surface area contributed by atoms with Gasteiger partial charge < -0.3 is 14.7 Å². The maximum Gasteiger partial charge on any atom is 0.323 e. The highest BCUT2D eigenvalue weighted by molar-refractivity contribution is 7.13. The summed E-state index contributed by atoms with van der Waals surface area (Å²) >= 11 is 1.38. The topological polar surface area (TPSA) is 68.8 Å². The number of piperazine rings is 1. The number of likely N-dealkylation sites (tertiary alicyclic amines) is 1. The SMILES string of the molecule is CN1CCN(C(=O)Nc2nc(CC(=O)N3CCCCC3)cs2)CC1. The Labute approximate surface area is 146 Å². The van der Waals surface area contributed by atoms with Crippen LogP contribution in [0, 0.1) is 0 Å². The minimum absolute atomic E-state index is 0.105. The van der Waals surface area contributed by atoms with E-state index in [0.29, 0.717) is 11.6 Å². The number of urea groups is 1. The Kier molecular flexibility index (Phi) is 5.68. The highest BCUT2D eigenvalue weighted by atomic mass is 32.1. The third-order valence-electron chi connectivity index (χ3n) is 4.60. The molecule has 3 heterocycles. The number of rotatable bonds is 3. The molecule has 24 heavy (non-hydrogen) atoms. The zero-order valence-corrected chi connectivity index (χ0v) is 15.0. The number of anilines is 1. The van der Waals surface area contributed by atoms with Gasteiger partial charge in [-0.1, -0.05) is 0 Å². The summed E-state index contributed by atoms with van der Waals surface area (Å²) in [5, 5.41) is 5.28. The quantitative estimate of drug-likeness (QED) is 0.896. The van der Waals surface area contributed by atoms with Gasteiger partial charge in [0, 0.05) is 44.6 Å². The van der Waals surface area contributed by atoms with Crippen LogP contribution in [0.15, 0.2) is 5.38 Å². The Morgan fingerprint density at radius 1 is 1.08 bits per heavy atom. The monoisotopic (exact) mass is 351 g/mol. The number of nitrogens with zero attached hydrogens (tertiary/aromatic N) is 4. The first kappa shape index (κ1) is 17.2.